The van der Waals surface area contributed by atoms with E-state index in [1.165, 1.54) is 4.90 Å². The Morgan fingerprint density at radius 2 is 1.69 bits per heavy atom. The molecule has 1 aliphatic heterocycles. The van der Waals surface area contributed by atoms with Gasteiger partial charge in [0.15, 0.2) is 5.66 Å². The highest BCUT2D eigenvalue weighted by Gasteiger charge is 2.51. The molecule has 2 aromatic rings. The van der Waals surface area contributed by atoms with E-state index in [4.69, 9.17) is 4.74 Å². The normalized spacial score (nSPS) is 19.3. The first-order valence-electron chi connectivity index (χ1n) is 12.5. The van der Waals surface area contributed by atoms with Crippen molar-refractivity contribution >= 4 is 18.0 Å². The molecule has 0 bridgehead atoms. The Labute approximate surface area is 213 Å². The van der Waals surface area contributed by atoms with Gasteiger partial charge >= 0.3 is 18.0 Å². The quantitative estimate of drug-likeness (QED) is 0.426. The number of aliphatic carboxylic acids is 1. The van der Waals surface area contributed by atoms with Crippen LogP contribution in [0.4, 0.5) is 4.79 Å². The summed E-state index contributed by atoms with van der Waals surface area (Å²) >= 11 is 0. The first-order chi connectivity index (χ1) is 17.1. The summed E-state index contributed by atoms with van der Waals surface area (Å²) in [6.45, 7) is 8.43. The molecule has 0 spiro atoms. The van der Waals surface area contributed by atoms with E-state index in [9.17, 15) is 19.5 Å². The number of amides is 2. The van der Waals surface area contributed by atoms with E-state index in [1.54, 1.807) is 13.8 Å². The highest BCUT2D eigenvalue weighted by molar-refractivity contribution is 5.88. The minimum atomic E-state index is -1.65. The molecule has 1 fully saturated rings. The second-order valence-electron chi connectivity index (χ2n) is 9.93. The Bertz CT molecular complexity index is 1040. The smallest absolute Gasteiger partial charge is 0.345 e. The first-order valence-corrected chi connectivity index (χ1v) is 12.5. The average Bonchev–Trinajstić information content (AvgIpc) is 3.26. The van der Waals surface area contributed by atoms with E-state index in [-0.39, 0.29) is 25.0 Å². The Morgan fingerprint density at radius 3 is 2.28 bits per heavy atom. The van der Waals surface area contributed by atoms with Gasteiger partial charge in [0.05, 0.1) is 12.5 Å². The molecule has 1 heterocycles. The summed E-state index contributed by atoms with van der Waals surface area (Å²) in [4.78, 5) is 39.5. The van der Waals surface area contributed by atoms with E-state index in [0.29, 0.717) is 19.5 Å². The second kappa shape index (κ2) is 12.0. The summed E-state index contributed by atoms with van der Waals surface area (Å²) in [7, 11) is 0. The van der Waals surface area contributed by atoms with Crippen LogP contribution in [0, 0.1) is 5.92 Å². The van der Waals surface area contributed by atoms with Gasteiger partial charge in [0.1, 0.15) is 0 Å². The maximum absolute atomic E-state index is 13.4. The molecule has 194 valence electrons. The van der Waals surface area contributed by atoms with E-state index < -0.39 is 29.6 Å². The highest BCUT2D eigenvalue weighted by atomic mass is 16.5. The topological polar surface area (TPSA) is 108 Å². The third-order valence-electron chi connectivity index (χ3n) is 6.25. The minimum Gasteiger partial charge on any atom is -0.478 e. The van der Waals surface area contributed by atoms with Crippen LogP contribution in [0.25, 0.3) is 11.1 Å². The van der Waals surface area contributed by atoms with Gasteiger partial charge in [-0.3, -0.25) is 10.1 Å². The van der Waals surface area contributed by atoms with Crippen molar-refractivity contribution in [3.05, 3.63) is 60.2 Å². The summed E-state index contributed by atoms with van der Waals surface area (Å²) in [6, 6.07) is 17.2. The van der Waals surface area contributed by atoms with Crippen LogP contribution in [0.3, 0.4) is 0 Å². The van der Waals surface area contributed by atoms with Crippen molar-refractivity contribution in [2.75, 3.05) is 19.6 Å². The van der Waals surface area contributed by atoms with Crippen LogP contribution in [0.15, 0.2) is 54.6 Å². The fraction of sp³-hybridized carbons (Fsp3) is 0.464. The van der Waals surface area contributed by atoms with Crippen LogP contribution in [-0.4, -0.2) is 59.4 Å². The number of nitrogens with one attached hydrogen (secondary N) is 2. The molecule has 3 rings (SSSR count). The summed E-state index contributed by atoms with van der Waals surface area (Å²) in [6.07, 6.45) is 0.357. The number of carbonyl (C=O) groups excluding carboxylic acids is 2. The first kappa shape index (κ1) is 27.2. The molecule has 1 saturated heterocycles. The maximum Gasteiger partial charge on any atom is 0.345 e. The predicted molar refractivity (Wildman–Crippen MR) is 138 cm³/mol. The number of carbonyl (C=O) groups is 3. The van der Waals surface area contributed by atoms with E-state index in [2.05, 4.69) is 10.6 Å². The molecule has 8 nitrogen and oxygen atoms in total. The lowest BCUT2D eigenvalue weighted by atomic mass is 9.86. The number of hydrogen-bond acceptors (Lipinski definition) is 5. The van der Waals surface area contributed by atoms with E-state index in [1.807, 2.05) is 68.4 Å². The number of hydrogen-bond donors (Lipinski definition) is 3. The molecule has 3 N–H and O–H groups in total. The molecule has 0 unspecified atom stereocenters. The van der Waals surface area contributed by atoms with Crippen LogP contribution >= 0.6 is 0 Å². The Balaban J connectivity index is 1.80. The SMILES string of the molecule is CC(C)CN(CCC(=O)OC(C)C)C(=O)N[C@@]1(C(=O)O)NCC[C@H]1c1ccc(-c2ccccc2)cc1. The highest BCUT2D eigenvalue weighted by Crippen LogP contribution is 2.36. The van der Waals surface area contributed by atoms with Gasteiger partial charge in [0.25, 0.3) is 0 Å². The fourth-order valence-corrected chi connectivity index (χ4v) is 4.63. The van der Waals surface area contributed by atoms with Gasteiger partial charge < -0.3 is 20.1 Å². The van der Waals surface area contributed by atoms with Gasteiger partial charge in [-0.15, -0.1) is 0 Å². The Hall–Kier alpha value is -3.39. The van der Waals surface area contributed by atoms with Gasteiger partial charge in [0, 0.05) is 19.0 Å². The number of ether oxygens (including phenoxy) is 1. The van der Waals surface area contributed by atoms with Crippen LogP contribution in [-0.2, 0) is 14.3 Å². The molecule has 1 aliphatic rings. The van der Waals surface area contributed by atoms with Gasteiger partial charge in [-0.25, -0.2) is 9.59 Å². The van der Waals surface area contributed by atoms with Crippen molar-refractivity contribution in [1.82, 2.24) is 15.5 Å². The van der Waals surface area contributed by atoms with E-state index in [0.717, 1.165) is 16.7 Å². The lowest BCUT2D eigenvalue weighted by Crippen LogP contribution is -2.66. The third-order valence-corrected chi connectivity index (χ3v) is 6.25. The monoisotopic (exact) mass is 495 g/mol. The zero-order valence-corrected chi connectivity index (χ0v) is 21.5. The van der Waals surface area contributed by atoms with Crippen molar-refractivity contribution in [3.63, 3.8) is 0 Å². The molecule has 0 aliphatic carbocycles. The zero-order chi connectivity index (χ0) is 26.3. The lowest BCUT2D eigenvalue weighted by Gasteiger charge is -2.35. The second-order valence-corrected chi connectivity index (χ2v) is 9.93. The standard InChI is InChI=1S/C28H37N3O5/c1-19(2)18-31(17-15-25(32)36-20(3)4)27(35)30-28(26(33)34)24(14-16-29-28)23-12-10-22(11-13-23)21-8-6-5-7-9-21/h5-13,19-20,24,29H,14-18H2,1-4H3,(H,30,35)(H,33,34)/t24-,28-/m0/s1. The molecule has 8 heteroatoms. The molecule has 0 saturated carbocycles. The predicted octanol–water partition coefficient (Wildman–Crippen LogP) is 4.22. The number of carboxylic acid groups (broad SMARTS) is 1. The molecular weight excluding hydrogens is 458 g/mol. The number of nitrogens with zero attached hydrogens (tertiary/aromatic N) is 1. The van der Waals surface area contributed by atoms with Crippen molar-refractivity contribution in [3.8, 4) is 11.1 Å². The number of rotatable bonds is 10. The molecule has 2 amide bonds. The van der Waals surface area contributed by atoms with Gasteiger partial charge in [-0.05, 0) is 49.4 Å². The Kier molecular flexibility index (Phi) is 9.09. The van der Waals surface area contributed by atoms with Gasteiger partial charge in [-0.1, -0.05) is 68.4 Å². The largest absolute Gasteiger partial charge is 0.478 e. The van der Waals surface area contributed by atoms with Crippen LogP contribution in [0.5, 0.6) is 0 Å². The molecule has 0 radical (unpaired) electrons. The van der Waals surface area contributed by atoms with E-state index >= 15 is 0 Å². The fourth-order valence-electron chi connectivity index (χ4n) is 4.63. The number of benzene rings is 2. The summed E-state index contributed by atoms with van der Waals surface area (Å²) < 4.78 is 5.19. The molecule has 2 atom stereocenters. The lowest BCUT2D eigenvalue weighted by molar-refractivity contribution is -0.148. The van der Waals surface area contributed by atoms with Crippen molar-refractivity contribution in [2.24, 2.45) is 5.92 Å². The van der Waals surface area contributed by atoms with Crippen molar-refractivity contribution < 1.29 is 24.2 Å². The maximum atomic E-state index is 13.4. The van der Waals surface area contributed by atoms with Crippen LogP contribution in [0.2, 0.25) is 0 Å². The van der Waals surface area contributed by atoms with Gasteiger partial charge in [0.2, 0.25) is 0 Å². The minimum absolute atomic E-state index is 0.0379. The third kappa shape index (κ3) is 6.63. The van der Waals surface area contributed by atoms with Crippen molar-refractivity contribution in [1.29, 1.82) is 0 Å². The number of urea groups is 1. The van der Waals surface area contributed by atoms with Crippen LogP contribution < -0.4 is 10.6 Å². The summed E-state index contributed by atoms with van der Waals surface area (Å²) in [5.41, 5.74) is 1.29. The molecule has 0 aromatic heterocycles. The zero-order valence-electron chi connectivity index (χ0n) is 21.5. The summed E-state index contributed by atoms with van der Waals surface area (Å²) in [5.74, 6) is -1.87. The molecule has 36 heavy (non-hydrogen) atoms. The number of esters is 1. The van der Waals surface area contributed by atoms with Crippen LogP contribution in [0.1, 0.15) is 52.0 Å². The van der Waals surface area contributed by atoms with Gasteiger partial charge in [-0.2, -0.15) is 0 Å². The van der Waals surface area contributed by atoms with Crippen molar-refractivity contribution in [2.45, 2.75) is 58.2 Å². The molecular formula is C28H37N3O5. The Morgan fingerprint density at radius 1 is 1.06 bits per heavy atom. The number of carboxylic acids is 1. The molecule has 2 aromatic carbocycles. The summed E-state index contributed by atoms with van der Waals surface area (Å²) in [5, 5.41) is 16.1. The average molecular weight is 496 g/mol.